The molecule has 0 unspecified atom stereocenters. The molecule has 0 aliphatic carbocycles. The Labute approximate surface area is 228 Å². The van der Waals surface area contributed by atoms with Crippen LogP contribution in [0.5, 0.6) is 5.88 Å². The first-order valence-corrected chi connectivity index (χ1v) is 12.5. The number of carbonyl (C=O) groups is 2. The number of carbonyl (C=O) groups excluding carboxylic acids is 2. The Morgan fingerprint density at radius 1 is 1.24 bits per heavy atom. The van der Waals surface area contributed by atoms with Gasteiger partial charge in [-0.1, -0.05) is 11.6 Å². The van der Waals surface area contributed by atoms with Gasteiger partial charge in [0.1, 0.15) is 22.0 Å². The van der Waals surface area contributed by atoms with E-state index in [0.717, 1.165) is 4.42 Å². The summed E-state index contributed by atoms with van der Waals surface area (Å²) in [6, 6.07) is 3.09. The van der Waals surface area contributed by atoms with E-state index in [4.69, 9.17) is 42.0 Å². The van der Waals surface area contributed by atoms with Crippen LogP contribution in [-0.2, 0) is 15.1 Å². The first kappa shape index (κ1) is 27.7. The second-order valence-electron chi connectivity index (χ2n) is 9.79. The number of anilines is 1. The molecule has 1 aliphatic heterocycles. The molecular weight excluding hydrogens is 539 g/mol. The van der Waals surface area contributed by atoms with Crippen LogP contribution in [0.1, 0.15) is 49.7 Å². The van der Waals surface area contributed by atoms with Crippen molar-refractivity contribution in [2.75, 3.05) is 31.7 Å². The normalized spacial score (nSPS) is 15.4. The molecule has 0 aromatic carbocycles. The lowest BCUT2D eigenvalue weighted by Gasteiger charge is -2.39. The van der Waals surface area contributed by atoms with Crippen LogP contribution in [0.2, 0.25) is 5.02 Å². The number of H-pyrrole nitrogens is 1. The van der Waals surface area contributed by atoms with Gasteiger partial charge < -0.3 is 28.5 Å². The van der Waals surface area contributed by atoms with E-state index < -0.39 is 28.8 Å². The number of furan rings is 1. The molecule has 1 N–H and O–H groups in total. The molecule has 0 spiro atoms. The zero-order valence-corrected chi connectivity index (χ0v) is 23.1. The third kappa shape index (κ3) is 5.18. The predicted molar refractivity (Wildman–Crippen MR) is 141 cm³/mol. The van der Waals surface area contributed by atoms with E-state index in [1.807, 2.05) is 20.8 Å². The number of aromatic nitrogens is 2. The van der Waals surface area contributed by atoms with Gasteiger partial charge in [-0.3, -0.25) is 9.59 Å². The summed E-state index contributed by atoms with van der Waals surface area (Å²) in [5, 5.41) is 0.144. The van der Waals surface area contributed by atoms with Crippen molar-refractivity contribution in [1.82, 2.24) is 14.9 Å². The number of rotatable bonds is 5. The maximum absolute atomic E-state index is 13.4. The Balaban J connectivity index is 1.69. The summed E-state index contributed by atoms with van der Waals surface area (Å²) in [7, 11) is 2.99. The van der Waals surface area contributed by atoms with Gasteiger partial charge in [-0.25, -0.2) is 14.2 Å². The first-order valence-electron chi connectivity index (χ1n) is 11.8. The number of piperidine rings is 1. The molecule has 4 rings (SSSR count). The van der Waals surface area contributed by atoms with Crippen LogP contribution in [0, 0.1) is 0 Å². The molecule has 3 aromatic heterocycles. The lowest BCUT2D eigenvalue weighted by Crippen LogP contribution is -2.47. The van der Waals surface area contributed by atoms with Gasteiger partial charge in [-0.05, 0) is 32.9 Å². The molecule has 0 bridgehead atoms. The molecule has 1 saturated heterocycles. The molecule has 0 atom stereocenters. The first-order chi connectivity index (χ1) is 17.9. The Bertz CT molecular complexity index is 1420. The highest BCUT2D eigenvalue weighted by Gasteiger charge is 2.42. The molecule has 0 radical (unpaired) electrons. The van der Waals surface area contributed by atoms with E-state index in [0.29, 0.717) is 37.1 Å². The van der Waals surface area contributed by atoms with Crippen molar-refractivity contribution < 1.29 is 28.2 Å². The number of hydrogen-bond donors (Lipinski definition) is 1. The number of fused-ring (bicyclic) bond motifs is 1. The SMILES string of the molecule is COc1ncc(C(=O)N(Cl)c2cc[nH]c(=O)c2Cl)c2cc(C3(OC)CCN(C(=O)OC(C)(C)C)CC3)oc12. The average molecular weight is 567 g/mol. The molecule has 0 saturated carbocycles. The van der Waals surface area contributed by atoms with Gasteiger partial charge in [0.15, 0.2) is 5.58 Å². The van der Waals surface area contributed by atoms with Crippen molar-refractivity contribution in [3.63, 3.8) is 0 Å². The number of nitrogens with zero attached hydrogens (tertiary/aromatic N) is 3. The number of amides is 2. The molecule has 1 aliphatic rings. The summed E-state index contributed by atoms with van der Waals surface area (Å²) in [5.41, 5.74) is -1.74. The minimum atomic E-state index is -0.875. The maximum atomic E-state index is 13.4. The zero-order chi connectivity index (χ0) is 27.8. The monoisotopic (exact) mass is 566 g/mol. The van der Waals surface area contributed by atoms with Crippen molar-refractivity contribution in [2.24, 2.45) is 0 Å². The Morgan fingerprint density at radius 3 is 2.53 bits per heavy atom. The molecule has 11 nitrogen and oxygen atoms in total. The van der Waals surface area contributed by atoms with Gasteiger partial charge >= 0.3 is 6.09 Å². The molecule has 4 heterocycles. The van der Waals surface area contributed by atoms with Gasteiger partial charge in [0.05, 0.1) is 18.4 Å². The highest BCUT2D eigenvalue weighted by atomic mass is 35.5. The number of methoxy groups -OCH3 is 2. The van der Waals surface area contributed by atoms with Gasteiger partial charge in [0.2, 0.25) is 0 Å². The number of ether oxygens (including phenoxy) is 3. The van der Waals surface area contributed by atoms with Gasteiger partial charge in [0.25, 0.3) is 17.3 Å². The number of likely N-dealkylation sites (tertiary alicyclic amines) is 1. The second-order valence-corrected chi connectivity index (χ2v) is 10.5. The van der Waals surface area contributed by atoms with Crippen LogP contribution < -0.4 is 14.7 Å². The van der Waals surface area contributed by atoms with Crippen molar-refractivity contribution in [3.8, 4) is 5.88 Å². The lowest BCUT2D eigenvalue weighted by atomic mass is 9.88. The van der Waals surface area contributed by atoms with Crippen molar-refractivity contribution in [2.45, 2.75) is 44.8 Å². The number of aromatic amines is 1. The van der Waals surface area contributed by atoms with Crippen LogP contribution in [0.4, 0.5) is 10.5 Å². The number of hydrogen-bond acceptors (Lipinski definition) is 8. The molecule has 1 fully saturated rings. The molecular formula is C25H28Cl2N4O7. The fourth-order valence-corrected chi connectivity index (χ4v) is 4.76. The van der Waals surface area contributed by atoms with Crippen LogP contribution in [0.15, 0.2) is 33.7 Å². The Kier molecular flexibility index (Phi) is 7.64. The zero-order valence-electron chi connectivity index (χ0n) is 21.6. The van der Waals surface area contributed by atoms with Crippen LogP contribution in [0.25, 0.3) is 11.0 Å². The fraction of sp³-hybridized carbons (Fsp3) is 0.440. The molecule has 13 heteroatoms. The third-order valence-corrected chi connectivity index (χ3v) is 6.98. The fourth-order valence-electron chi connectivity index (χ4n) is 4.29. The summed E-state index contributed by atoms with van der Waals surface area (Å²) in [6.07, 6.45) is 3.09. The van der Waals surface area contributed by atoms with Crippen LogP contribution in [0.3, 0.4) is 0 Å². The summed E-state index contributed by atoms with van der Waals surface area (Å²) >= 11 is 12.4. The van der Waals surface area contributed by atoms with Crippen molar-refractivity contribution in [3.05, 3.63) is 51.2 Å². The summed E-state index contributed by atoms with van der Waals surface area (Å²) in [6.45, 7) is 6.19. The molecule has 2 amide bonds. The van der Waals surface area contributed by atoms with E-state index in [1.54, 1.807) is 18.1 Å². The van der Waals surface area contributed by atoms with Crippen molar-refractivity contribution >= 4 is 52.0 Å². The molecule has 38 heavy (non-hydrogen) atoms. The third-order valence-electron chi connectivity index (χ3n) is 6.28. The highest BCUT2D eigenvalue weighted by Crippen LogP contribution is 2.42. The standard InChI is InChI=1S/C25H28Cl2N4O7/c1-24(2,3)38-23(34)30-10-7-25(36-5,8-11-30)17-12-14-15(13-29-21(35-4)19(14)37-17)22(33)31(27)16-6-9-28-20(32)18(16)26/h6,9,12-13H,7-8,10-11H2,1-5H3,(H,28,32). The van der Waals surface area contributed by atoms with Crippen LogP contribution >= 0.6 is 23.4 Å². The topological polar surface area (TPSA) is 127 Å². The van der Waals surface area contributed by atoms with E-state index >= 15 is 0 Å². The number of pyridine rings is 2. The molecule has 204 valence electrons. The maximum Gasteiger partial charge on any atom is 0.410 e. The molecule has 3 aromatic rings. The second kappa shape index (κ2) is 10.5. The van der Waals surface area contributed by atoms with Crippen molar-refractivity contribution in [1.29, 1.82) is 0 Å². The van der Waals surface area contributed by atoms with E-state index in [-0.39, 0.29) is 27.7 Å². The number of nitrogens with one attached hydrogen (secondary N) is 1. The minimum Gasteiger partial charge on any atom is -0.478 e. The van der Waals surface area contributed by atoms with Gasteiger partial charge in [-0.15, -0.1) is 0 Å². The predicted octanol–water partition coefficient (Wildman–Crippen LogP) is 4.85. The summed E-state index contributed by atoms with van der Waals surface area (Å²) in [5.74, 6) is -0.0806. The lowest BCUT2D eigenvalue weighted by molar-refractivity contribution is -0.0769. The summed E-state index contributed by atoms with van der Waals surface area (Å²) in [4.78, 5) is 46.1. The average Bonchev–Trinajstić information content (AvgIpc) is 3.34. The van der Waals surface area contributed by atoms with Crippen LogP contribution in [-0.4, -0.2) is 59.8 Å². The van der Waals surface area contributed by atoms with E-state index in [1.165, 1.54) is 25.6 Å². The number of halogens is 2. The minimum absolute atomic E-state index is 0.0117. The Morgan fingerprint density at radius 2 is 1.92 bits per heavy atom. The summed E-state index contributed by atoms with van der Waals surface area (Å²) < 4.78 is 23.7. The van der Waals surface area contributed by atoms with E-state index in [9.17, 15) is 14.4 Å². The van der Waals surface area contributed by atoms with Gasteiger partial charge in [0, 0.05) is 62.6 Å². The Hall–Kier alpha value is -3.28. The highest BCUT2D eigenvalue weighted by molar-refractivity contribution is 6.43. The quantitative estimate of drug-likeness (QED) is 0.434. The van der Waals surface area contributed by atoms with E-state index in [2.05, 4.69) is 9.97 Å². The largest absolute Gasteiger partial charge is 0.478 e. The smallest absolute Gasteiger partial charge is 0.410 e. The van der Waals surface area contributed by atoms with Gasteiger partial charge in [-0.2, -0.15) is 0 Å².